The third-order valence-corrected chi connectivity index (χ3v) is 2.49. The average molecular weight is 345 g/mol. The second-order valence-corrected chi connectivity index (χ2v) is 4.36. The first-order chi connectivity index (χ1) is 11.1. The number of aliphatic hydroxyl groups excluding tert-OH is 1. The van der Waals surface area contributed by atoms with E-state index in [4.69, 9.17) is 0 Å². The van der Waals surface area contributed by atoms with E-state index in [0.29, 0.717) is 0 Å². The van der Waals surface area contributed by atoms with Crippen LogP contribution in [0, 0.1) is 0 Å². The van der Waals surface area contributed by atoms with Crippen molar-refractivity contribution in [3.63, 3.8) is 0 Å². The van der Waals surface area contributed by atoms with Crippen LogP contribution < -0.4 is 5.32 Å². The highest BCUT2D eigenvalue weighted by molar-refractivity contribution is 6.02. The van der Waals surface area contributed by atoms with E-state index in [2.05, 4.69) is 15.0 Å². The quantitative estimate of drug-likeness (QED) is 0.492. The van der Waals surface area contributed by atoms with Gasteiger partial charge in [-0.25, -0.2) is 4.79 Å². The van der Waals surface area contributed by atoms with Crippen molar-refractivity contribution in [2.45, 2.75) is 20.0 Å². The molecule has 2 N–H and O–H groups in total. The number of ether oxygens (including phenoxy) is 1. The van der Waals surface area contributed by atoms with Crippen LogP contribution in [-0.4, -0.2) is 23.7 Å². The van der Waals surface area contributed by atoms with Gasteiger partial charge in [0.05, 0.1) is 17.9 Å². The summed E-state index contributed by atoms with van der Waals surface area (Å²) in [5.41, 5.74) is -1.77. The van der Waals surface area contributed by atoms with Gasteiger partial charge >= 0.3 is 12.3 Å². The van der Waals surface area contributed by atoms with Crippen LogP contribution in [0.3, 0.4) is 0 Å². The zero-order valence-electron chi connectivity index (χ0n) is 12.7. The molecule has 1 aromatic carbocycles. The van der Waals surface area contributed by atoms with Crippen LogP contribution in [0.2, 0.25) is 0 Å². The van der Waals surface area contributed by atoms with Gasteiger partial charge in [0.15, 0.2) is 5.70 Å². The number of halogens is 3. The lowest BCUT2D eigenvalue weighted by molar-refractivity contribution is -0.137. The van der Waals surface area contributed by atoms with Gasteiger partial charge in [0.25, 0.3) is 5.91 Å². The average Bonchev–Trinajstić information content (AvgIpc) is 2.46. The largest absolute Gasteiger partial charge is 0.510 e. The maximum Gasteiger partial charge on any atom is 0.416 e. The summed E-state index contributed by atoms with van der Waals surface area (Å²) in [5.74, 6) is -1.68. The summed E-state index contributed by atoms with van der Waals surface area (Å²) in [7, 11) is 0. The van der Waals surface area contributed by atoms with Gasteiger partial charge in [-0.15, -0.1) is 5.11 Å². The van der Waals surface area contributed by atoms with Gasteiger partial charge in [-0.3, -0.25) is 10.1 Å². The monoisotopic (exact) mass is 345 g/mol. The zero-order chi connectivity index (χ0) is 18.3. The molecule has 7 nitrogen and oxygen atoms in total. The highest BCUT2D eigenvalue weighted by atomic mass is 19.4. The zero-order valence-corrected chi connectivity index (χ0v) is 12.7. The summed E-state index contributed by atoms with van der Waals surface area (Å²) in [6.45, 7) is 2.64. The summed E-state index contributed by atoms with van der Waals surface area (Å²) in [6, 6.07) is 3.91. The molecule has 0 unspecified atom stereocenters. The van der Waals surface area contributed by atoms with Gasteiger partial charge in [0.2, 0.25) is 0 Å². The van der Waals surface area contributed by atoms with Crippen molar-refractivity contribution < 1.29 is 32.6 Å². The van der Waals surface area contributed by atoms with E-state index in [9.17, 15) is 27.9 Å². The van der Waals surface area contributed by atoms with Crippen LogP contribution in [0.25, 0.3) is 0 Å². The molecule has 0 saturated heterocycles. The van der Waals surface area contributed by atoms with Crippen molar-refractivity contribution in [3.8, 4) is 0 Å². The van der Waals surface area contributed by atoms with Crippen molar-refractivity contribution in [2.75, 3.05) is 6.61 Å². The first-order valence-corrected chi connectivity index (χ1v) is 6.62. The predicted octanol–water partition coefficient (Wildman–Crippen LogP) is 3.85. The Morgan fingerprint density at radius 1 is 1.33 bits per heavy atom. The van der Waals surface area contributed by atoms with E-state index in [-0.39, 0.29) is 12.3 Å². The number of alkyl carbamates (subject to hydrolysis) is 1. The fourth-order valence-corrected chi connectivity index (χ4v) is 1.45. The molecular formula is C14H14F3N3O4. The molecule has 0 heterocycles. The molecule has 24 heavy (non-hydrogen) atoms. The molecule has 130 valence electrons. The van der Waals surface area contributed by atoms with Gasteiger partial charge in [-0.1, -0.05) is 6.07 Å². The number of nitrogens with one attached hydrogen (secondary N) is 1. The molecule has 2 amide bonds. The molecule has 10 heteroatoms. The third-order valence-electron chi connectivity index (χ3n) is 2.49. The lowest BCUT2D eigenvalue weighted by atomic mass is 10.2. The number of carbonyl (C=O) groups excluding carboxylic acids is 2. The molecular weight excluding hydrogens is 331 g/mol. The SMILES string of the molecule is CCOC(=O)NC(=O)C(N=Nc1cccc(C(F)(F)F)c1)=C(C)O. The summed E-state index contributed by atoms with van der Waals surface area (Å²) >= 11 is 0. The number of benzene rings is 1. The van der Waals surface area contributed by atoms with Crippen molar-refractivity contribution in [3.05, 3.63) is 41.3 Å². The van der Waals surface area contributed by atoms with Crippen LogP contribution in [0.1, 0.15) is 19.4 Å². The predicted molar refractivity (Wildman–Crippen MR) is 76.5 cm³/mol. The number of hydrogen-bond donors (Lipinski definition) is 2. The van der Waals surface area contributed by atoms with E-state index in [0.717, 1.165) is 25.1 Å². The number of imide groups is 1. The number of allylic oxidation sites excluding steroid dienone is 1. The summed E-state index contributed by atoms with van der Waals surface area (Å²) in [6.07, 6.45) is -5.62. The Hall–Kier alpha value is -2.91. The molecule has 0 saturated carbocycles. The standard InChI is InChI=1S/C14H14F3N3O4/c1-3-24-13(23)18-12(22)11(8(2)21)20-19-10-6-4-5-9(7-10)14(15,16)17/h4-7,21H,3H2,1-2H3,(H,18,22,23). The molecule has 1 rings (SSSR count). The molecule has 0 aliphatic rings. The minimum absolute atomic E-state index is 0.0159. The highest BCUT2D eigenvalue weighted by Crippen LogP contribution is 2.31. The Labute approximate surface area is 134 Å². The van der Waals surface area contributed by atoms with Crippen LogP contribution >= 0.6 is 0 Å². The number of nitrogens with zero attached hydrogens (tertiary/aromatic N) is 2. The van der Waals surface area contributed by atoms with Crippen molar-refractivity contribution >= 4 is 17.7 Å². The molecule has 0 atom stereocenters. The fraction of sp³-hybridized carbons (Fsp3) is 0.286. The van der Waals surface area contributed by atoms with E-state index in [1.807, 2.05) is 0 Å². The van der Waals surface area contributed by atoms with Crippen LogP contribution in [0.5, 0.6) is 0 Å². The Kier molecular flexibility index (Phi) is 6.45. The number of azo groups is 1. The van der Waals surface area contributed by atoms with E-state index >= 15 is 0 Å². The van der Waals surface area contributed by atoms with Crippen molar-refractivity contribution in [1.82, 2.24) is 5.32 Å². The van der Waals surface area contributed by atoms with Crippen LogP contribution in [0.15, 0.2) is 46.0 Å². The molecule has 0 aliphatic carbocycles. The Bertz CT molecular complexity index is 680. The molecule has 1 aromatic rings. The lowest BCUT2D eigenvalue weighted by Crippen LogP contribution is -2.32. The highest BCUT2D eigenvalue weighted by Gasteiger charge is 2.30. The van der Waals surface area contributed by atoms with Gasteiger partial charge < -0.3 is 9.84 Å². The van der Waals surface area contributed by atoms with Gasteiger partial charge in [-0.2, -0.15) is 18.3 Å². The number of carbonyl (C=O) groups is 2. The van der Waals surface area contributed by atoms with Gasteiger partial charge in [0.1, 0.15) is 5.76 Å². The minimum atomic E-state index is -4.56. The third kappa shape index (κ3) is 5.71. The molecule has 0 bridgehead atoms. The lowest BCUT2D eigenvalue weighted by Gasteiger charge is -2.06. The molecule has 0 fully saturated rings. The van der Waals surface area contributed by atoms with Crippen molar-refractivity contribution in [2.24, 2.45) is 10.2 Å². The molecule has 0 radical (unpaired) electrons. The molecule has 0 aromatic heterocycles. The van der Waals surface area contributed by atoms with Crippen LogP contribution in [0.4, 0.5) is 23.7 Å². The van der Waals surface area contributed by atoms with Gasteiger partial charge in [0, 0.05) is 0 Å². The van der Waals surface area contributed by atoms with E-state index < -0.39 is 35.2 Å². The summed E-state index contributed by atoms with van der Waals surface area (Å²) < 4.78 is 42.3. The first kappa shape index (κ1) is 19.1. The Morgan fingerprint density at radius 3 is 2.54 bits per heavy atom. The second-order valence-electron chi connectivity index (χ2n) is 4.36. The number of aliphatic hydroxyl groups is 1. The minimum Gasteiger partial charge on any atom is -0.510 e. The first-order valence-electron chi connectivity index (χ1n) is 6.62. The fourth-order valence-electron chi connectivity index (χ4n) is 1.45. The number of amides is 2. The van der Waals surface area contributed by atoms with Crippen LogP contribution in [-0.2, 0) is 15.7 Å². The number of hydrogen-bond acceptors (Lipinski definition) is 6. The maximum atomic E-state index is 12.6. The summed E-state index contributed by atoms with van der Waals surface area (Å²) in [4.78, 5) is 22.9. The normalized spacial score (nSPS) is 12.7. The topological polar surface area (TPSA) is 100 Å². The van der Waals surface area contributed by atoms with Gasteiger partial charge in [-0.05, 0) is 32.0 Å². The number of rotatable bonds is 4. The van der Waals surface area contributed by atoms with E-state index in [1.54, 1.807) is 5.32 Å². The molecule has 0 aliphatic heterocycles. The Balaban J connectivity index is 2.98. The van der Waals surface area contributed by atoms with Crippen molar-refractivity contribution in [1.29, 1.82) is 0 Å². The Morgan fingerprint density at radius 2 is 2.00 bits per heavy atom. The van der Waals surface area contributed by atoms with E-state index in [1.165, 1.54) is 13.0 Å². The molecule has 0 spiro atoms. The summed E-state index contributed by atoms with van der Waals surface area (Å²) in [5, 5.41) is 18.1. The number of alkyl halides is 3. The second kappa shape index (κ2) is 8.09. The smallest absolute Gasteiger partial charge is 0.416 e. The maximum absolute atomic E-state index is 12.6.